The molecule has 0 radical (unpaired) electrons. The van der Waals surface area contributed by atoms with Crippen LogP contribution in [0.2, 0.25) is 0 Å². The van der Waals surface area contributed by atoms with Gasteiger partial charge in [-0.05, 0) is 19.8 Å². The van der Waals surface area contributed by atoms with Crippen LogP contribution >= 0.6 is 11.3 Å². The third-order valence-corrected chi connectivity index (χ3v) is 5.06. The first-order chi connectivity index (χ1) is 8.42. The predicted octanol–water partition coefficient (Wildman–Crippen LogP) is 1.37. The SMILES string of the molecule is Cc1ncc(S(=O)(=O)NCCCCCC(=O)O)s1. The van der Waals surface area contributed by atoms with E-state index in [0.717, 1.165) is 11.3 Å². The van der Waals surface area contributed by atoms with E-state index >= 15 is 0 Å². The topological polar surface area (TPSA) is 96.4 Å². The highest BCUT2D eigenvalue weighted by Crippen LogP contribution is 2.17. The second-order valence-electron chi connectivity index (χ2n) is 3.80. The van der Waals surface area contributed by atoms with Crippen molar-refractivity contribution in [2.24, 2.45) is 0 Å². The van der Waals surface area contributed by atoms with Gasteiger partial charge in [0, 0.05) is 13.0 Å². The van der Waals surface area contributed by atoms with E-state index in [1.54, 1.807) is 6.92 Å². The van der Waals surface area contributed by atoms with E-state index in [2.05, 4.69) is 9.71 Å². The van der Waals surface area contributed by atoms with Crippen LogP contribution in [0.3, 0.4) is 0 Å². The summed E-state index contributed by atoms with van der Waals surface area (Å²) < 4.78 is 26.2. The number of rotatable bonds is 8. The molecule has 102 valence electrons. The first-order valence-corrected chi connectivity index (χ1v) is 7.85. The maximum atomic E-state index is 11.8. The molecule has 1 rings (SSSR count). The molecule has 0 aliphatic heterocycles. The summed E-state index contributed by atoms with van der Waals surface area (Å²) in [5.41, 5.74) is 0. The third-order valence-electron chi connectivity index (χ3n) is 2.22. The van der Waals surface area contributed by atoms with E-state index in [0.29, 0.717) is 30.8 Å². The molecule has 18 heavy (non-hydrogen) atoms. The van der Waals surface area contributed by atoms with Gasteiger partial charge in [-0.3, -0.25) is 4.79 Å². The fraction of sp³-hybridized carbons (Fsp3) is 0.600. The molecular formula is C10H16N2O4S2. The maximum Gasteiger partial charge on any atom is 0.303 e. The van der Waals surface area contributed by atoms with Crippen molar-refractivity contribution in [1.82, 2.24) is 9.71 Å². The lowest BCUT2D eigenvalue weighted by molar-refractivity contribution is -0.137. The lowest BCUT2D eigenvalue weighted by Crippen LogP contribution is -2.24. The van der Waals surface area contributed by atoms with Gasteiger partial charge in [0.2, 0.25) is 0 Å². The quantitative estimate of drug-likeness (QED) is 0.705. The van der Waals surface area contributed by atoms with Gasteiger partial charge in [-0.15, -0.1) is 11.3 Å². The van der Waals surface area contributed by atoms with Gasteiger partial charge in [-0.1, -0.05) is 6.42 Å². The first-order valence-electron chi connectivity index (χ1n) is 5.56. The van der Waals surface area contributed by atoms with Crippen molar-refractivity contribution in [3.05, 3.63) is 11.2 Å². The van der Waals surface area contributed by atoms with Gasteiger partial charge < -0.3 is 5.11 Å². The van der Waals surface area contributed by atoms with Crippen molar-refractivity contribution in [2.75, 3.05) is 6.54 Å². The summed E-state index contributed by atoms with van der Waals surface area (Å²) >= 11 is 1.13. The van der Waals surface area contributed by atoms with Gasteiger partial charge in [0.1, 0.15) is 0 Å². The average Bonchev–Trinajstić information content (AvgIpc) is 2.70. The molecule has 0 saturated heterocycles. The fourth-order valence-electron chi connectivity index (χ4n) is 1.32. The molecule has 0 amide bonds. The minimum Gasteiger partial charge on any atom is -0.481 e. The van der Waals surface area contributed by atoms with Crippen molar-refractivity contribution in [1.29, 1.82) is 0 Å². The van der Waals surface area contributed by atoms with Gasteiger partial charge in [0.05, 0.1) is 11.2 Å². The number of carboxylic acids is 1. The van der Waals surface area contributed by atoms with E-state index in [9.17, 15) is 13.2 Å². The molecule has 0 aliphatic rings. The molecule has 1 aromatic rings. The predicted molar refractivity (Wildman–Crippen MR) is 68.1 cm³/mol. The number of sulfonamides is 1. The summed E-state index contributed by atoms with van der Waals surface area (Å²) in [5.74, 6) is -0.823. The van der Waals surface area contributed by atoms with E-state index < -0.39 is 16.0 Å². The van der Waals surface area contributed by atoms with Crippen molar-refractivity contribution in [3.63, 3.8) is 0 Å². The summed E-state index contributed by atoms with van der Waals surface area (Å²) in [5, 5.41) is 9.14. The van der Waals surface area contributed by atoms with Gasteiger partial charge in [0.25, 0.3) is 10.0 Å². The highest BCUT2D eigenvalue weighted by atomic mass is 32.2. The number of nitrogens with one attached hydrogen (secondary N) is 1. The number of carbonyl (C=O) groups is 1. The zero-order valence-corrected chi connectivity index (χ0v) is 11.7. The number of hydrogen-bond donors (Lipinski definition) is 2. The van der Waals surface area contributed by atoms with Gasteiger partial charge in [-0.25, -0.2) is 18.1 Å². The minimum absolute atomic E-state index is 0.126. The smallest absolute Gasteiger partial charge is 0.303 e. The van der Waals surface area contributed by atoms with Crippen molar-refractivity contribution in [3.8, 4) is 0 Å². The molecule has 0 aromatic carbocycles. The van der Waals surface area contributed by atoms with Crippen LogP contribution in [-0.4, -0.2) is 31.0 Å². The summed E-state index contributed by atoms with van der Waals surface area (Å²) in [6.07, 6.45) is 3.35. The molecular weight excluding hydrogens is 276 g/mol. The number of aliphatic carboxylic acids is 1. The zero-order chi connectivity index (χ0) is 13.6. The van der Waals surface area contributed by atoms with Crippen molar-refractivity contribution >= 4 is 27.3 Å². The molecule has 0 spiro atoms. The second-order valence-corrected chi connectivity index (χ2v) is 7.03. The Balaban J connectivity index is 2.28. The van der Waals surface area contributed by atoms with Crippen LogP contribution in [0, 0.1) is 6.92 Å². The van der Waals surface area contributed by atoms with Crippen molar-refractivity contribution < 1.29 is 18.3 Å². The summed E-state index contributed by atoms with van der Waals surface area (Å²) in [4.78, 5) is 14.2. The Morgan fingerprint density at radius 2 is 2.17 bits per heavy atom. The van der Waals surface area contributed by atoms with E-state index in [-0.39, 0.29) is 10.6 Å². The molecule has 1 aromatic heterocycles. The van der Waals surface area contributed by atoms with E-state index in [1.165, 1.54) is 6.20 Å². The number of carboxylic acid groups (broad SMARTS) is 1. The van der Waals surface area contributed by atoms with Gasteiger partial charge >= 0.3 is 5.97 Å². The molecule has 0 unspecified atom stereocenters. The number of aromatic nitrogens is 1. The standard InChI is InChI=1S/C10H16N2O4S2/c1-8-11-7-10(17-8)18(15,16)12-6-4-2-3-5-9(13)14/h7,12H,2-6H2,1H3,(H,13,14). The second kappa shape index (κ2) is 6.81. The van der Waals surface area contributed by atoms with Crippen LogP contribution in [-0.2, 0) is 14.8 Å². The summed E-state index contributed by atoms with van der Waals surface area (Å²) in [6.45, 7) is 2.06. The number of unbranched alkanes of at least 4 members (excludes halogenated alkanes) is 2. The Labute approximate surface area is 110 Å². The number of aryl methyl sites for hydroxylation is 1. The van der Waals surface area contributed by atoms with Crippen LogP contribution in [0.1, 0.15) is 30.7 Å². The van der Waals surface area contributed by atoms with Crippen LogP contribution in [0.4, 0.5) is 0 Å². The van der Waals surface area contributed by atoms with E-state index in [1.807, 2.05) is 0 Å². The number of thiazole rings is 1. The molecule has 0 atom stereocenters. The first kappa shape index (κ1) is 15.1. The molecule has 0 aliphatic carbocycles. The highest BCUT2D eigenvalue weighted by Gasteiger charge is 2.15. The fourth-order valence-corrected chi connectivity index (χ4v) is 3.55. The number of nitrogens with zero attached hydrogens (tertiary/aromatic N) is 1. The Hall–Kier alpha value is -0.990. The zero-order valence-electron chi connectivity index (χ0n) is 10.0. The Bertz CT molecular complexity index is 496. The van der Waals surface area contributed by atoms with Gasteiger partial charge in [-0.2, -0.15) is 0 Å². The van der Waals surface area contributed by atoms with Crippen molar-refractivity contribution in [2.45, 2.75) is 36.8 Å². The van der Waals surface area contributed by atoms with Crippen LogP contribution in [0.25, 0.3) is 0 Å². The van der Waals surface area contributed by atoms with Crippen LogP contribution in [0.5, 0.6) is 0 Å². The summed E-state index contributed by atoms with van der Waals surface area (Å²) in [7, 11) is -3.45. The monoisotopic (exact) mass is 292 g/mol. The molecule has 0 bridgehead atoms. The molecule has 6 nitrogen and oxygen atoms in total. The Kier molecular flexibility index (Phi) is 5.70. The normalized spacial score (nSPS) is 11.6. The molecule has 1 heterocycles. The average molecular weight is 292 g/mol. The Morgan fingerprint density at radius 3 is 2.72 bits per heavy atom. The molecule has 0 fully saturated rings. The van der Waals surface area contributed by atoms with Crippen LogP contribution < -0.4 is 4.72 Å². The molecule has 2 N–H and O–H groups in total. The molecule has 0 saturated carbocycles. The number of hydrogen-bond acceptors (Lipinski definition) is 5. The minimum atomic E-state index is -3.45. The largest absolute Gasteiger partial charge is 0.481 e. The van der Waals surface area contributed by atoms with Crippen LogP contribution in [0.15, 0.2) is 10.4 Å². The lowest BCUT2D eigenvalue weighted by Gasteiger charge is -2.03. The summed E-state index contributed by atoms with van der Waals surface area (Å²) in [6, 6.07) is 0. The molecule has 8 heteroatoms. The third kappa shape index (κ3) is 5.11. The lowest BCUT2D eigenvalue weighted by atomic mass is 10.2. The highest BCUT2D eigenvalue weighted by molar-refractivity contribution is 7.91. The van der Waals surface area contributed by atoms with Gasteiger partial charge in [0.15, 0.2) is 4.21 Å². The van der Waals surface area contributed by atoms with E-state index in [4.69, 9.17) is 5.11 Å². The maximum absolute atomic E-state index is 11.8. The Morgan fingerprint density at radius 1 is 1.44 bits per heavy atom.